The quantitative estimate of drug-likeness (QED) is 0.802. The average molecular weight is 327 g/mol. The minimum absolute atomic E-state index is 0.130. The van der Waals surface area contributed by atoms with Crippen LogP contribution in [0, 0.1) is 6.92 Å². The van der Waals surface area contributed by atoms with E-state index < -0.39 is 0 Å². The SMILES string of the molecule is Cc1ccc(C(=O)N2CCC(Nc3ccc4nccn4n3)C2)s1. The molecule has 0 spiro atoms. The second-order valence-electron chi connectivity index (χ2n) is 5.74. The lowest BCUT2D eigenvalue weighted by molar-refractivity contribution is 0.0796. The molecule has 4 rings (SSSR count). The number of thiophene rings is 1. The summed E-state index contributed by atoms with van der Waals surface area (Å²) in [5.74, 6) is 0.937. The van der Waals surface area contributed by atoms with Gasteiger partial charge in [0.25, 0.3) is 5.91 Å². The predicted molar refractivity (Wildman–Crippen MR) is 90.0 cm³/mol. The van der Waals surface area contributed by atoms with Gasteiger partial charge in [0.2, 0.25) is 0 Å². The lowest BCUT2D eigenvalue weighted by Crippen LogP contribution is -2.31. The van der Waals surface area contributed by atoms with Crippen LogP contribution < -0.4 is 5.32 Å². The van der Waals surface area contributed by atoms with E-state index in [0.29, 0.717) is 6.54 Å². The van der Waals surface area contributed by atoms with E-state index in [1.54, 1.807) is 22.0 Å². The first kappa shape index (κ1) is 14.2. The Morgan fingerprint density at radius 1 is 1.35 bits per heavy atom. The van der Waals surface area contributed by atoms with Gasteiger partial charge in [0.05, 0.1) is 4.88 Å². The first-order valence-corrected chi connectivity index (χ1v) is 8.43. The van der Waals surface area contributed by atoms with E-state index in [1.165, 1.54) is 4.88 Å². The smallest absolute Gasteiger partial charge is 0.263 e. The molecule has 0 aliphatic carbocycles. The van der Waals surface area contributed by atoms with Gasteiger partial charge in [-0.1, -0.05) is 0 Å². The van der Waals surface area contributed by atoms with Crippen LogP contribution in [0.4, 0.5) is 5.82 Å². The molecule has 1 N–H and O–H groups in total. The number of nitrogens with one attached hydrogen (secondary N) is 1. The van der Waals surface area contributed by atoms with E-state index >= 15 is 0 Å². The van der Waals surface area contributed by atoms with E-state index in [-0.39, 0.29) is 11.9 Å². The molecule has 1 aliphatic rings. The van der Waals surface area contributed by atoms with Crippen LogP contribution in [-0.4, -0.2) is 44.5 Å². The zero-order valence-electron chi connectivity index (χ0n) is 12.8. The molecule has 1 saturated heterocycles. The lowest BCUT2D eigenvalue weighted by atomic mass is 10.2. The van der Waals surface area contributed by atoms with Gasteiger partial charge in [-0.3, -0.25) is 4.79 Å². The number of carbonyl (C=O) groups excluding carboxylic acids is 1. The molecular weight excluding hydrogens is 310 g/mol. The number of anilines is 1. The second kappa shape index (κ2) is 5.66. The molecule has 1 atom stereocenters. The molecule has 118 valence electrons. The van der Waals surface area contributed by atoms with E-state index in [0.717, 1.165) is 29.3 Å². The number of likely N-dealkylation sites (tertiary alicyclic amines) is 1. The van der Waals surface area contributed by atoms with Crippen LogP contribution in [0.25, 0.3) is 5.65 Å². The number of imidazole rings is 1. The van der Waals surface area contributed by atoms with Crippen molar-refractivity contribution >= 4 is 28.7 Å². The van der Waals surface area contributed by atoms with E-state index in [1.807, 2.05) is 42.3 Å². The molecule has 6 nitrogen and oxygen atoms in total. The fourth-order valence-electron chi connectivity index (χ4n) is 2.87. The van der Waals surface area contributed by atoms with Crippen LogP contribution in [0.15, 0.2) is 36.7 Å². The fourth-order valence-corrected chi connectivity index (χ4v) is 3.70. The normalized spacial score (nSPS) is 17.8. The molecule has 1 unspecified atom stereocenters. The minimum atomic E-state index is 0.130. The van der Waals surface area contributed by atoms with E-state index in [9.17, 15) is 4.79 Å². The molecule has 0 radical (unpaired) electrons. The predicted octanol–water partition coefficient (Wildman–Crippen LogP) is 2.43. The number of amides is 1. The molecule has 1 amide bonds. The van der Waals surface area contributed by atoms with Gasteiger partial charge >= 0.3 is 0 Å². The van der Waals surface area contributed by atoms with Gasteiger partial charge in [0, 0.05) is 36.4 Å². The van der Waals surface area contributed by atoms with Gasteiger partial charge < -0.3 is 10.2 Å². The van der Waals surface area contributed by atoms with Gasteiger partial charge in [-0.05, 0) is 37.6 Å². The maximum atomic E-state index is 12.5. The van der Waals surface area contributed by atoms with Crippen molar-refractivity contribution < 1.29 is 4.79 Å². The molecule has 1 aliphatic heterocycles. The van der Waals surface area contributed by atoms with Crippen LogP contribution in [-0.2, 0) is 0 Å². The van der Waals surface area contributed by atoms with Gasteiger partial charge in [0.1, 0.15) is 5.82 Å². The lowest BCUT2D eigenvalue weighted by Gasteiger charge is -2.16. The first-order chi connectivity index (χ1) is 11.2. The monoisotopic (exact) mass is 327 g/mol. The third kappa shape index (κ3) is 2.79. The Morgan fingerprint density at radius 2 is 2.26 bits per heavy atom. The molecule has 7 heteroatoms. The Morgan fingerprint density at radius 3 is 3.09 bits per heavy atom. The number of rotatable bonds is 3. The van der Waals surface area contributed by atoms with E-state index in [4.69, 9.17) is 0 Å². The minimum Gasteiger partial charge on any atom is -0.364 e. The number of nitrogens with zero attached hydrogens (tertiary/aromatic N) is 4. The van der Waals surface area contributed by atoms with Crippen molar-refractivity contribution in [3.63, 3.8) is 0 Å². The van der Waals surface area contributed by atoms with Gasteiger partial charge in [0.15, 0.2) is 5.65 Å². The third-order valence-corrected chi connectivity index (χ3v) is 5.02. The number of aromatic nitrogens is 3. The van der Waals surface area contributed by atoms with Crippen molar-refractivity contribution in [3.05, 3.63) is 46.4 Å². The van der Waals surface area contributed by atoms with Gasteiger partial charge in [-0.2, -0.15) is 0 Å². The number of hydrogen-bond acceptors (Lipinski definition) is 5. The third-order valence-electron chi connectivity index (χ3n) is 4.03. The standard InChI is InChI=1S/C16H17N5OS/c1-11-2-3-13(23-11)16(22)20-8-6-12(10-20)18-14-4-5-15-17-7-9-21(15)19-14/h2-5,7,9,12H,6,8,10H2,1H3,(H,18,19). The summed E-state index contributed by atoms with van der Waals surface area (Å²) in [4.78, 5) is 20.6. The van der Waals surface area contributed by atoms with Crippen LogP contribution in [0.1, 0.15) is 21.0 Å². The topological polar surface area (TPSA) is 62.5 Å². The summed E-state index contributed by atoms with van der Waals surface area (Å²) in [6.07, 6.45) is 4.48. The summed E-state index contributed by atoms with van der Waals surface area (Å²) < 4.78 is 1.74. The van der Waals surface area contributed by atoms with E-state index in [2.05, 4.69) is 15.4 Å². The molecule has 0 bridgehead atoms. The highest BCUT2D eigenvalue weighted by molar-refractivity contribution is 7.13. The Bertz CT molecular complexity index is 855. The molecule has 0 saturated carbocycles. The average Bonchev–Trinajstić information content (AvgIpc) is 3.26. The highest BCUT2D eigenvalue weighted by Crippen LogP contribution is 2.21. The summed E-state index contributed by atoms with van der Waals surface area (Å²) in [6, 6.07) is 8.00. The Kier molecular flexibility index (Phi) is 3.49. The molecule has 0 aromatic carbocycles. The van der Waals surface area contributed by atoms with Crippen molar-refractivity contribution in [1.82, 2.24) is 19.5 Å². The zero-order valence-corrected chi connectivity index (χ0v) is 13.6. The van der Waals surface area contributed by atoms with Crippen molar-refractivity contribution in [2.45, 2.75) is 19.4 Å². The van der Waals surface area contributed by atoms with Crippen molar-refractivity contribution in [2.75, 3.05) is 18.4 Å². The molecule has 1 fully saturated rings. The summed E-state index contributed by atoms with van der Waals surface area (Å²) in [6.45, 7) is 3.51. The van der Waals surface area contributed by atoms with Crippen LogP contribution in [0.5, 0.6) is 0 Å². The Balaban J connectivity index is 1.42. The number of aryl methyl sites for hydroxylation is 1. The highest BCUT2D eigenvalue weighted by Gasteiger charge is 2.27. The van der Waals surface area contributed by atoms with Crippen molar-refractivity contribution in [1.29, 1.82) is 0 Å². The molecule has 3 aromatic heterocycles. The van der Waals surface area contributed by atoms with Crippen molar-refractivity contribution in [2.24, 2.45) is 0 Å². The highest BCUT2D eigenvalue weighted by atomic mass is 32.1. The molecule has 3 aromatic rings. The largest absolute Gasteiger partial charge is 0.364 e. The van der Waals surface area contributed by atoms with Gasteiger partial charge in [-0.25, -0.2) is 9.50 Å². The number of hydrogen-bond donors (Lipinski definition) is 1. The number of fused-ring (bicyclic) bond motifs is 1. The van der Waals surface area contributed by atoms with Crippen LogP contribution >= 0.6 is 11.3 Å². The number of carbonyl (C=O) groups is 1. The van der Waals surface area contributed by atoms with Crippen LogP contribution in [0.3, 0.4) is 0 Å². The maximum absolute atomic E-state index is 12.5. The maximum Gasteiger partial charge on any atom is 0.263 e. The summed E-state index contributed by atoms with van der Waals surface area (Å²) in [7, 11) is 0. The fraction of sp³-hybridized carbons (Fsp3) is 0.312. The zero-order chi connectivity index (χ0) is 15.8. The van der Waals surface area contributed by atoms with Crippen molar-refractivity contribution in [3.8, 4) is 0 Å². The molecule has 4 heterocycles. The summed E-state index contributed by atoms with van der Waals surface area (Å²) in [5, 5.41) is 7.89. The Labute approximate surface area is 137 Å². The van der Waals surface area contributed by atoms with Gasteiger partial charge in [-0.15, -0.1) is 16.4 Å². The van der Waals surface area contributed by atoms with Crippen LogP contribution in [0.2, 0.25) is 0 Å². The first-order valence-electron chi connectivity index (χ1n) is 7.62. The molecular formula is C16H17N5OS. The Hall–Kier alpha value is -2.41. The summed E-state index contributed by atoms with van der Waals surface area (Å²) >= 11 is 1.56. The second-order valence-corrected chi connectivity index (χ2v) is 7.03. The summed E-state index contributed by atoms with van der Waals surface area (Å²) in [5.41, 5.74) is 0.826. The molecule has 23 heavy (non-hydrogen) atoms.